The molecule has 4 rings (SSSR count). The van der Waals surface area contributed by atoms with Gasteiger partial charge in [0, 0.05) is 22.4 Å². The maximum absolute atomic E-state index is 13.6. The molecular weight excluding hydrogens is 416 g/mol. The van der Waals surface area contributed by atoms with Crippen LogP contribution in [0.4, 0.5) is 5.13 Å². The number of nitrogens with zero attached hydrogens (tertiary/aromatic N) is 1. The van der Waals surface area contributed by atoms with E-state index in [2.05, 4.69) is 22.4 Å². The van der Waals surface area contributed by atoms with Crippen molar-refractivity contribution in [3.05, 3.63) is 101 Å². The van der Waals surface area contributed by atoms with Crippen molar-refractivity contribution in [3.8, 4) is 17.0 Å². The van der Waals surface area contributed by atoms with Crippen molar-refractivity contribution in [1.82, 2.24) is 4.98 Å². The van der Waals surface area contributed by atoms with Gasteiger partial charge in [-0.3, -0.25) is 4.79 Å². The zero-order valence-corrected chi connectivity index (χ0v) is 19.2. The van der Waals surface area contributed by atoms with Gasteiger partial charge in [-0.2, -0.15) is 0 Å². The fourth-order valence-electron chi connectivity index (χ4n) is 4.00. The highest BCUT2D eigenvalue weighted by atomic mass is 32.1. The molecule has 0 saturated carbocycles. The lowest BCUT2D eigenvalue weighted by Gasteiger charge is -2.34. The standard InChI is InChI=1S/C27H26N2O2S/c1-27(2,25(30)29-26-28-22(18-32-26)19-12-6-4-7-13-19)24(20-14-8-5-9-15-20)21-16-10-11-17-23(21)31-3/h4-18,24H,1-3H3,(H,28,29,30). The molecule has 1 aromatic heterocycles. The number of benzene rings is 3. The summed E-state index contributed by atoms with van der Waals surface area (Å²) in [4.78, 5) is 18.2. The van der Waals surface area contributed by atoms with Crippen LogP contribution in [0.15, 0.2) is 90.3 Å². The van der Waals surface area contributed by atoms with E-state index in [0.717, 1.165) is 28.1 Å². The number of anilines is 1. The fourth-order valence-corrected chi connectivity index (χ4v) is 4.71. The number of carbonyl (C=O) groups is 1. The van der Waals surface area contributed by atoms with Gasteiger partial charge < -0.3 is 10.1 Å². The van der Waals surface area contributed by atoms with Gasteiger partial charge in [0.05, 0.1) is 18.2 Å². The molecule has 1 atom stereocenters. The average Bonchev–Trinajstić information content (AvgIpc) is 3.29. The number of hydrogen-bond donors (Lipinski definition) is 1. The largest absolute Gasteiger partial charge is 0.496 e. The van der Waals surface area contributed by atoms with Crippen LogP contribution in [-0.4, -0.2) is 18.0 Å². The molecule has 162 valence electrons. The van der Waals surface area contributed by atoms with Gasteiger partial charge in [-0.1, -0.05) is 92.7 Å². The van der Waals surface area contributed by atoms with Crippen LogP contribution in [0.3, 0.4) is 0 Å². The highest BCUT2D eigenvalue weighted by molar-refractivity contribution is 7.14. The van der Waals surface area contributed by atoms with E-state index < -0.39 is 5.41 Å². The summed E-state index contributed by atoms with van der Waals surface area (Å²) in [5.41, 5.74) is 3.15. The van der Waals surface area contributed by atoms with Crippen LogP contribution in [0.25, 0.3) is 11.3 Å². The summed E-state index contributed by atoms with van der Waals surface area (Å²) < 4.78 is 5.65. The average molecular weight is 443 g/mol. The van der Waals surface area contributed by atoms with E-state index in [1.807, 2.05) is 92.0 Å². The zero-order valence-electron chi connectivity index (χ0n) is 18.4. The van der Waals surface area contributed by atoms with Gasteiger partial charge in [0.2, 0.25) is 5.91 Å². The highest BCUT2D eigenvalue weighted by Gasteiger charge is 2.40. The van der Waals surface area contributed by atoms with E-state index in [0.29, 0.717) is 5.13 Å². The smallest absolute Gasteiger partial charge is 0.232 e. The van der Waals surface area contributed by atoms with Gasteiger partial charge >= 0.3 is 0 Å². The molecule has 0 fully saturated rings. The molecule has 0 aliphatic heterocycles. The second-order valence-electron chi connectivity index (χ2n) is 8.17. The number of methoxy groups -OCH3 is 1. The lowest BCUT2D eigenvalue weighted by molar-refractivity contribution is -0.124. The van der Waals surface area contributed by atoms with Crippen LogP contribution in [0.2, 0.25) is 0 Å². The predicted molar refractivity (Wildman–Crippen MR) is 131 cm³/mol. The number of amides is 1. The first kappa shape index (κ1) is 21.8. The molecular formula is C27H26N2O2S. The summed E-state index contributed by atoms with van der Waals surface area (Å²) in [6.07, 6.45) is 0. The number of carbonyl (C=O) groups excluding carboxylic acids is 1. The Bertz CT molecular complexity index is 1190. The molecule has 5 heteroatoms. The molecule has 32 heavy (non-hydrogen) atoms. The summed E-state index contributed by atoms with van der Waals surface area (Å²) in [6, 6.07) is 27.9. The zero-order chi connectivity index (χ0) is 22.6. The summed E-state index contributed by atoms with van der Waals surface area (Å²) in [5.74, 6) is 0.475. The van der Waals surface area contributed by atoms with Crippen LogP contribution in [0.5, 0.6) is 5.75 Å². The van der Waals surface area contributed by atoms with Crippen molar-refractivity contribution < 1.29 is 9.53 Å². The highest BCUT2D eigenvalue weighted by Crippen LogP contribution is 2.45. The van der Waals surface area contributed by atoms with Gasteiger partial charge in [0.25, 0.3) is 0 Å². The third-order valence-electron chi connectivity index (χ3n) is 5.68. The van der Waals surface area contributed by atoms with E-state index in [4.69, 9.17) is 4.74 Å². The predicted octanol–water partition coefficient (Wildman–Crippen LogP) is 6.62. The molecule has 0 aliphatic carbocycles. The Morgan fingerprint density at radius 1 is 0.938 bits per heavy atom. The van der Waals surface area contributed by atoms with E-state index in [1.165, 1.54) is 11.3 Å². The lowest BCUT2D eigenvalue weighted by atomic mass is 9.70. The molecule has 1 unspecified atom stereocenters. The topological polar surface area (TPSA) is 51.2 Å². The van der Waals surface area contributed by atoms with E-state index in [-0.39, 0.29) is 11.8 Å². The second kappa shape index (κ2) is 9.37. The molecule has 0 aliphatic rings. The molecule has 0 saturated heterocycles. The number of aromatic nitrogens is 1. The molecule has 3 aromatic carbocycles. The third kappa shape index (κ3) is 4.43. The van der Waals surface area contributed by atoms with Crippen LogP contribution >= 0.6 is 11.3 Å². The van der Waals surface area contributed by atoms with E-state index >= 15 is 0 Å². The molecule has 1 N–H and O–H groups in total. The summed E-state index contributed by atoms with van der Waals surface area (Å²) in [5, 5.41) is 5.61. The quantitative estimate of drug-likeness (QED) is 0.350. The Balaban J connectivity index is 1.67. The minimum atomic E-state index is -0.769. The molecule has 4 aromatic rings. The van der Waals surface area contributed by atoms with Crippen molar-refractivity contribution in [2.24, 2.45) is 5.41 Å². The number of para-hydroxylation sites is 1. The second-order valence-corrected chi connectivity index (χ2v) is 9.02. The lowest BCUT2D eigenvalue weighted by Crippen LogP contribution is -2.37. The maximum Gasteiger partial charge on any atom is 0.232 e. The Kier molecular flexibility index (Phi) is 6.37. The minimum absolute atomic E-state index is 0.0915. The van der Waals surface area contributed by atoms with E-state index in [1.54, 1.807) is 7.11 Å². The Morgan fingerprint density at radius 2 is 1.56 bits per heavy atom. The first-order valence-corrected chi connectivity index (χ1v) is 11.4. The summed E-state index contributed by atoms with van der Waals surface area (Å²) in [7, 11) is 1.66. The number of nitrogens with one attached hydrogen (secondary N) is 1. The van der Waals surface area contributed by atoms with Gasteiger partial charge in [-0.05, 0) is 11.6 Å². The monoisotopic (exact) mass is 442 g/mol. The van der Waals surface area contributed by atoms with Crippen LogP contribution < -0.4 is 10.1 Å². The summed E-state index contributed by atoms with van der Waals surface area (Å²) >= 11 is 1.43. The minimum Gasteiger partial charge on any atom is -0.496 e. The van der Waals surface area contributed by atoms with Gasteiger partial charge in [0.1, 0.15) is 5.75 Å². The number of thiazole rings is 1. The Hall–Kier alpha value is -3.44. The van der Waals surface area contributed by atoms with Crippen molar-refractivity contribution in [3.63, 3.8) is 0 Å². The van der Waals surface area contributed by atoms with E-state index in [9.17, 15) is 4.79 Å². The SMILES string of the molecule is COc1ccccc1C(c1ccccc1)C(C)(C)C(=O)Nc1nc(-c2ccccc2)cs1. The van der Waals surface area contributed by atoms with Crippen molar-refractivity contribution in [1.29, 1.82) is 0 Å². The van der Waals surface area contributed by atoms with Crippen molar-refractivity contribution in [2.45, 2.75) is 19.8 Å². The molecule has 1 heterocycles. The van der Waals surface area contributed by atoms with Crippen LogP contribution in [0.1, 0.15) is 30.9 Å². The Morgan fingerprint density at radius 3 is 2.25 bits per heavy atom. The number of hydrogen-bond acceptors (Lipinski definition) is 4. The normalized spacial score (nSPS) is 12.2. The molecule has 1 amide bonds. The summed E-state index contributed by atoms with van der Waals surface area (Å²) in [6.45, 7) is 3.94. The van der Waals surface area contributed by atoms with Crippen LogP contribution in [-0.2, 0) is 4.79 Å². The van der Waals surface area contributed by atoms with Gasteiger partial charge in [-0.25, -0.2) is 4.98 Å². The Labute approximate surface area is 192 Å². The van der Waals surface area contributed by atoms with Gasteiger partial charge in [0.15, 0.2) is 5.13 Å². The van der Waals surface area contributed by atoms with Crippen LogP contribution in [0, 0.1) is 5.41 Å². The fraction of sp³-hybridized carbons (Fsp3) is 0.185. The first-order chi connectivity index (χ1) is 15.5. The molecule has 4 nitrogen and oxygen atoms in total. The van der Waals surface area contributed by atoms with Gasteiger partial charge in [-0.15, -0.1) is 11.3 Å². The first-order valence-electron chi connectivity index (χ1n) is 10.5. The van der Waals surface area contributed by atoms with Crippen molar-refractivity contribution >= 4 is 22.4 Å². The number of rotatable bonds is 7. The molecule has 0 bridgehead atoms. The van der Waals surface area contributed by atoms with Crippen molar-refractivity contribution in [2.75, 3.05) is 12.4 Å². The maximum atomic E-state index is 13.6. The molecule has 0 radical (unpaired) electrons. The number of ether oxygens (including phenoxy) is 1. The molecule has 0 spiro atoms. The third-order valence-corrected chi connectivity index (χ3v) is 6.44.